The van der Waals surface area contributed by atoms with E-state index in [9.17, 15) is 9.90 Å². The number of carbonyl (C=O) groups excluding carboxylic acids is 1. The zero-order chi connectivity index (χ0) is 15.5. The molecule has 1 aliphatic carbocycles. The maximum absolute atomic E-state index is 12.6. The fourth-order valence-electron chi connectivity index (χ4n) is 3.01. The van der Waals surface area contributed by atoms with E-state index >= 15 is 0 Å². The molecule has 0 spiro atoms. The van der Waals surface area contributed by atoms with Crippen LogP contribution in [0.5, 0.6) is 0 Å². The zero-order valence-corrected chi connectivity index (χ0v) is 13.5. The van der Waals surface area contributed by atoms with Gasteiger partial charge >= 0.3 is 0 Å². The molecule has 2 rings (SSSR count). The molecule has 1 unspecified atom stereocenters. The Morgan fingerprint density at radius 2 is 1.90 bits per heavy atom. The second kappa shape index (κ2) is 6.80. The predicted octanol–water partition coefficient (Wildman–Crippen LogP) is 3.50. The Kier molecular flexibility index (Phi) is 5.28. The molecular weight excluding hydrogens is 286 g/mol. The van der Waals surface area contributed by atoms with E-state index in [1.165, 1.54) is 12.8 Å². The van der Waals surface area contributed by atoms with E-state index in [0.29, 0.717) is 10.9 Å². The van der Waals surface area contributed by atoms with Crippen LogP contribution in [0.3, 0.4) is 0 Å². The molecule has 0 aliphatic heterocycles. The summed E-state index contributed by atoms with van der Waals surface area (Å²) in [7, 11) is 0. The lowest BCUT2D eigenvalue weighted by molar-refractivity contribution is -0.124. The molecule has 1 fully saturated rings. The summed E-state index contributed by atoms with van der Waals surface area (Å²) in [5, 5.41) is 13.4. The molecule has 0 radical (unpaired) electrons. The van der Waals surface area contributed by atoms with Gasteiger partial charge in [0, 0.05) is 11.6 Å². The Hall–Kier alpha value is -1.06. The van der Waals surface area contributed by atoms with Crippen molar-refractivity contribution in [3.8, 4) is 0 Å². The molecule has 1 amide bonds. The third-order valence-corrected chi connectivity index (χ3v) is 4.33. The van der Waals surface area contributed by atoms with Crippen LogP contribution in [0.15, 0.2) is 24.3 Å². The van der Waals surface area contributed by atoms with Crippen LogP contribution in [0.25, 0.3) is 0 Å². The van der Waals surface area contributed by atoms with Crippen molar-refractivity contribution in [2.45, 2.75) is 51.0 Å². The van der Waals surface area contributed by atoms with Crippen LogP contribution in [0.4, 0.5) is 0 Å². The minimum Gasteiger partial charge on any atom is -0.389 e. The Bertz CT molecular complexity index is 473. The summed E-state index contributed by atoms with van der Waals surface area (Å²) in [6.45, 7) is 3.66. The zero-order valence-electron chi connectivity index (χ0n) is 12.7. The molecule has 21 heavy (non-hydrogen) atoms. The van der Waals surface area contributed by atoms with Crippen molar-refractivity contribution in [1.82, 2.24) is 5.32 Å². The van der Waals surface area contributed by atoms with Gasteiger partial charge in [0.05, 0.1) is 11.5 Å². The average molecular weight is 310 g/mol. The predicted molar refractivity (Wildman–Crippen MR) is 85.5 cm³/mol. The number of rotatable bonds is 5. The van der Waals surface area contributed by atoms with Crippen LogP contribution in [0, 0.1) is 5.92 Å². The van der Waals surface area contributed by atoms with Gasteiger partial charge in [-0.1, -0.05) is 36.6 Å². The summed E-state index contributed by atoms with van der Waals surface area (Å²) in [4.78, 5) is 12.6. The fourth-order valence-corrected chi connectivity index (χ4v) is 3.14. The van der Waals surface area contributed by atoms with Gasteiger partial charge in [0.1, 0.15) is 0 Å². The van der Waals surface area contributed by atoms with Crippen molar-refractivity contribution in [3.05, 3.63) is 34.9 Å². The molecule has 3 nitrogen and oxygen atoms in total. The van der Waals surface area contributed by atoms with Crippen LogP contribution in [0.1, 0.15) is 51.0 Å². The highest BCUT2D eigenvalue weighted by atomic mass is 35.5. The summed E-state index contributed by atoms with van der Waals surface area (Å²) in [5.41, 5.74) is 0.120. The first kappa shape index (κ1) is 16.3. The first-order valence-electron chi connectivity index (χ1n) is 7.62. The second-order valence-corrected chi connectivity index (χ2v) is 7.04. The molecule has 4 heteroatoms. The Labute approximate surface area is 131 Å². The van der Waals surface area contributed by atoms with E-state index in [0.717, 1.165) is 18.4 Å². The molecule has 1 aliphatic rings. The molecule has 0 heterocycles. The van der Waals surface area contributed by atoms with Crippen LogP contribution in [0.2, 0.25) is 5.02 Å². The number of amides is 1. The maximum Gasteiger partial charge on any atom is 0.227 e. The van der Waals surface area contributed by atoms with Crippen molar-refractivity contribution < 1.29 is 9.90 Å². The van der Waals surface area contributed by atoms with Crippen molar-refractivity contribution in [2.24, 2.45) is 5.92 Å². The number of nitrogens with one attached hydrogen (secondary N) is 1. The molecule has 116 valence electrons. The molecule has 1 aromatic rings. The molecule has 1 atom stereocenters. The summed E-state index contributed by atoms with van der Waals surface area (Å²) in [6, 6.07) is 7.55. The van der Waals surface area contributed by atoms with Gasteiger partial charge in [0.15, 0.2) is 0 Å². The van der Waals surface area contributed by atoms with Crippen LogP contribution < -0.4 is 5.32 Å². The number of aliphatic hydroxyl groups is 1. The monoisotopic (exact) mass is 309 g/mol. The molecule has 1 saturated carbocycles. The van der Waals surface area contributed by atoms with Crippen LogP contribution in [-0.2, 0) is 4.79 Å². The highest BCUT2D eigenvalue weighted by Crippen LogP contribution is 2.37. The number of benzene rings is 1. The fraction of sp³-hybridized carbons (Fsp3) is 0.588. The molecule has 1 aromatic carbocycles. The Morgan fingerprint density at radius 1 is 1.33 bits per heavy atom. The van der Waals surface area contributed by atoms with E-state index in [4.69, 9.17) is 11.6 Å². The Balaban J connectivity index is 2.15. The van der Waals surface area contributed by atoms with Crippen molar-refractivity contribution in [2.75, 3.05) is 6.54 Å². The van der Waals surface area contributed by atoms with Gasteiger partial charge in [-0.3, -0.25) is 4.79 Å². The summed E-state index contributed by atoms with van der Waals surface area (Å²) in [6.07, 6.45) is 4.55. The van der Waals surface area contributed by atoms with Gasteiger partial charge in [0.25, 0.3) is 0 Å². The Morgan fingerprint density at radius 3 is 2.43 bits per heavy atom. The van der Waals surface area contributed by atoms with Gasteiger partial charge in [-0.15, -0.1) is 0 Å². The lowest BCUT2D eigenvalue weighted by Crippen LogP contribution is -2.41. The van der Waals surface area contributed by atoms with Crippen LogP contribution >= 0.6 is 11.6 Å². The van der Waals surface area contributed by atoms with E-state index in [-0.39, 0.29) is 18.4 Å². The standard InChI is InChI=1S/C17H24ClNO2/c1-17(2,21)11-19-16(20)15(12-5-3-4-6-12)13-7-9-14(18)10-8-13/h7-10,12,15,21H,3-6,11H2,1-2H3,(H,19,20). The number of hydrogen-bond acceptors (Lipinski definition) is 2. The third-order valence-electron chi connectivity index (χ3n) is 4.08. The highest BCUT2D eigenvalue weighted by molar-refractivity contribution is 6.30. The normalized spacial score (nSPS) is 17.7. The van der Waals surface area contributed by atoms with Crippen molar-refractivity contribution in [3.63, 3.8) is 0 Å². The smallest absolute Gasteiger partial charge is 0.227 e. The minimum atomic E-state index is -0.893. The first-order chi connectivity index (χ1) is 9.87. The maximum atomic E-state index is 12.6. The van der Waals surface area contributed by atoms with Gasteiger partial charge in [-0.25, -0.2) is 0 Å². The highest BCUT2D eigenvalue weighted by Gasteiger charge is 2.32. The van der Waals surface area contributed by atoms with E-state index in [1.807, 2.05) is 24.3 Å². The van der Waals surface area contributed by atoms with E-state index < -0.39 is 5.60 Å². The van der Waals surface area contributed by atoms with E-state index in [1.54, 1.807) is 13.8 Å². The third kappa shape index (κ3) is 4.72. The summed E-state index contributed by atoms with van der Waals surface area (Å²) in [5.74, 6) is 0.242. The molecule has 0 saturated heterocycles. The number of carbonyl (C=O) groups is 1. The first-order valence-corrected chi connectivity index (χ1v) is 8.00. The minimum absolute atomic E-state index is 0.00588. The van der Waals surface area contributed by atoms with Gasteiger partial charge in [-0.2, -0.15) is 0 Å². The van der Waals surface area contributed by atoms with Gasteiger partial charge in [0.2, 0.25) is 5.91 Å². The molecule has 0 aromatic heterocycles. The largest absolute Gasteiger partial charge is 0.389 e. The van der Waals surface area contributed by atoms with Gasteiger partial charge in [-0.05, 0) is 50.3 Å². The summed E-state index contributed by atoms with van der Waals surface area (Å²) >= 11 is 5.94. The average Bonchev–Trinajstić information content (AvgIpc) is 2.92. The number of halogens is 1. The summed E-state index contributed by atoms with van der Waals surface area (Å²) < 4.78 is 0. The van der Waals surface area contributed by atoms with Crippen molar-refractivity contribution >= 4 is 17.5 Å². The quantitative estimate of drug-likeness (QED) is 0.874. The topological polar surface area (TPSA) is 49.3 Å². The lowest BCUT2D eigenvalue weighted by atomic mass is 9.84. The SMILES string of the molecule is CC(C)(O)CNC(=O)C(c1ccc(Cl)cc1)C1CCCC1. The van der Waals surface area contributed by atoms with Gasteiger partial charge < -0.3 is 10.4 Å². The van der Waals surface area contributed by atoms with Crippen LogP contribution in [-0.4, -0.2) is 23.2 Å². The van der Waals surface area contributed by atoms with E-state index in [2.05, 4.69) is 5.32 Å². The second-order valence-electron chi connectivity index (χ2n) is 6.60. The molecule has 2 N–H and O–H groups in total. The number of hydrogen-bond donors (Lipinski definition) is 2. The molecule has 0 bridgehead atoms. The molecular formula is C17H24ClNO2. The lowest BCUT2D eigenvalue weighted by Gasteiger charge is -2.25. The van der Waals surface area contributed by atoms with Crippen molar-refractivity contribution in [1.29, 1.82) is 0 Å².